The van der Waals surface area contributed by atoms with E-state index in [2.05, 4.69) is 20.5 Å². The first-order chi connectivity index (χ1) is 10.8. The monoisotopic (exact) mass is 343 g/mol. The molecule has 0 bridgehead atoms. The molecule has 2 N–H and O–H groups in total. The van der Waals surface area contributed by atoms with Crippen LogP contribution in [0.2, 0.25) is 0 Å². The maximum Gasteiger partial charge on any atom is 0.328 e. The number of hydrogen-bond acceptors (Lipinski definition) is 7. The minimum atomic E-state index is -0.694. The summed E-state index contributed by atoms with van der Waals surface area (Å²) in [5.41, 5.74) is 0. The Morgan fingerprint density at radius 1 is 1.30 bits per heavy atom. The number of anilines is 1. The smallest absolute Gasteiger partial charge is 0.328 e. The Labute approximate surface area is 138 Å². The first-order valence-corrected chi connectivity index (χ1v) is 8.17. The summed E-state index contributed by atoms with van der Waals surface area (Å²) in [5, 5.41) is 8.79. The lowest BCUT2D eigenvalue weighted by Crippen LogP contribution is -2.45. The Balaban J connectivity index is 2.32. The normalized spacial score (nSPS) is 11.9. The van der Waals surface area contributed by atoms with Crippen LogP contribution in [0.4, 0.5) is 5.82 Å². The van der Waals surface area contributed by atoms with Crippen LogP contribution in [-0.2, 0) is 19.1 Å². The topological polar surface area (TPSA) is 111 Å². The van der Waals surface area contributed by atoms with E-state index in [1.807, 2.05) is 13.8 Å². The van der Waals surface area contributed by atoms with E-state index >= 15 is 0 Å². The molecule has 0 aromatic carbocycles. The molecule has 0 saturated carbocycles. The zero-order valence-electron chi connectivity index (χ0n) is 13.5. The second-order valence-corrected chi connectivity index (χ2v) is 6.16. The minimum Gasteiger partial charge on any atom is -0.467 e. The molecule has 23 heavy (non-hydrogen) atoms. The Hall–Kier alpha value is -2.03. The Kier molecular flexibility index (Phi) is 7.60. The number of carbonyl (C=O) groups is 3. The van der Waals surface area contributed by atoms with Gasteiger partial charge in [-0.1, -0.05) is 19.0 Å². The molecule has 0 unspecified atom stereocenters. The summed E-state index contributed by atoms with van der Waals surface area (Å²) >= 11 is 1.13. The Morgan fingerprint density at radius 2 is 1.96 bits per heavy atom. The zero-order chi connectivity index (χ0) is 17.4. The second-order valence-electron chi connectivity index (χ2n) is 5.18. The number of carbonyl (C=O) groups excluding carboxylic acids is 3. The molecule has 0 aliphatic rings. The Bertz CT molecular complexity index is 558. The molecule has 9 heteroatoms. The van der Waals surface area contributed by atoms with Crippen molar-refractivity contribution in [3.8, 4) is 0 Å². The summed E-state index contributed by atoms with van der Waals surface area (Å²) in [7, 11) is 1.27. The molecular formula is C14H21N3O5S. The first-order valence-electron chi connectivity index (χ1n) is 7.01. The number of nitrogens with one attached hydrogen (secondary N) is 2. The predicted octanol–water partition coefficient (Wildman–Crippen LogP) is 0.969. The van der Waals surface area contributed by atoms with Crippen molar-refractivity contribution in [3.63, 3.8) is 0 Å². The molecule has 0 aliphatic heterocycles. The largest absolute Gasteiger partial charge is 0.467 e. The molecule has 8 nitrogen and oxygen atoms in total. The highest BCUT2D eigenvalue weighted by Crippen LogP contribution is 2.09. The van der Waals surface area contributed by atoms with E-state index in [9.17, 15) is 14.4 Å². The van der Waals surface area contributed by atoms with Gasteiger partial charge >= 0.3 is 5.97 Å². The summed E-state index contributed by atoms with van der Waals surface area (Å²) < 4.78 is 9.47. The van der Waals surface area contributed by atoms with Crippen LogP contribution in [-0.4, -0.2) is 47.6 Å². The van der Waals surface area contributed by atoms with Crippen LogP contribution in [0.15, 0.2) is 10.6 Å². The van der Waals surface area contributed by atoms with Crippen molar-refractivity contribution >= 4 is 35.4 Å². The van der Waals surface area contributed by atoms with E-state index in [0.29, 0.717) is 11.6 Å². The van der Waals surface area contributed by atoms with Gasteiger partial charge in [-0.15, -0.1) is 11.8 Å². The highest BCUT2D eigenvalue weighted by molar-refractivity contribution is 8.00. The number of thioether (sulfide) groups is 1. The standard InChI is InChI=1S/C14H21N3O5S/c1-8(2)13(14(20)21-4)16-12(19)7-23-6-11(18)15-10-5-9(3)22-17-10/h5,8,13H,6-7H2,1-4H3,(H,16,19)(H,15,17,18)/t13-/m1/s1. The van der Waals surface area contributed by atoms with Crippen LogP contribution >= 0.6 is 11.8 Å². The molecule has 128 valence electrons. The van der Waals surface area contributed by atoms with E-state index in [1.165, 1.54) is 7.11 Å². The third-order valence-electron chi connectivity index (χ3n) is 2.80. The van der Waals surface area contributed by atoms with Crippen LogP contribution in [0.25, 0.3) is 0 Å². The van der Waals surface area contributed by atoms with Gasteiger partial charge in [0.2, 0.25) is 11.8 Å². The number of aromatic nitrogens is 1. The molecule has 1 atom stereocenters. The number of hydrogen-bond donors (Lipinski definition) is 2. The number of amides is 2. The van der Waals surface area contributed by atoms with Gasteiger partial charge in [-0.2, -0.15) is 0 Å². The van der Waals surface area contributed by atoms with Gasteiger partial charge in [-0.3, -0.25) is 9.59 Å². The fourth-order valence-corrected chi connectivity index (χ4v) is 2.31. The fourth-order valence-electron chi connectivity index (χ4n) is 1.68. The highest BCUT2D eigenvalue weighted by Gasteiger charge is 2.24. The molecule has 1 heterocycles. The first kappa shape index (κ1) is 19.0. The number of aryl methyl sites for hydroxylation is 1. The molecule has 0 radical (unpaired) electrons. The third kappa shape index (κ3) is 6.72. The maximum absolute atomic E-state index is 11.8. The summed E-state index contributed by atoms with van der Waals surface area (Å²) in [4.78, 5) is 35.0. The van der Waals surface area contributed by atoms with Gasteiger partial charge in [-0.05, 0) is 12.8 Å². The Morgan fingerprint density at radius 3 is 2.48 bits per heavy atom. The molecule has 0 spiro atoms. The van der Waals surface area contributed by atoms with Gasteiger partial charge in [0.25, 0.3) is 0 Å². The van der Waals surface area contributed by atoms with Crippen LogP contribution in [0.1, 0.15) is 19.6 Å². The van der Waals surface area contributed by atoms with Gasteiger partial charge < -0.3 is 19.9 Å². The van der Waals surface area contributed by atoms with E-state index in [1.54, 1.807) is 13.0 Å². The minimum absolute atomic E-state index is 0.0610. The van der Waals surface area contributed by atoms with Crippen molar-refractivity contribution in [3.05, 3.63) is 11.8 Å². The molecular weight excluding hydrogens is 322 g/mol. The molecule has 1 rings (SSSR count). The van der Waals surface area contributed by atoms with Crippen molar-refractivity contribution in [2.24, 2.45) is 5.92 Å². The summed E-state index contributed by atoms with van der Waals surface area (Å²) in [6.45, 7) is 5.33. The average molecular weight is 343 g/mol. The lowest BCUT2D eigenvalue weighted by Gasteiger charge is -2.19. The lowest BCUT2D eigenvalue weighted by atomic mass is 10.1. The lowest BCUT2D eigenvalue weighted by molar-refractivity contribution is -0.146. The van der Waals surface area contributed by atoms with Crippen molar-refractivity contribution in [2.75, 3.05) is 23.9 Å². The van der Waals surface area contributed by atoms with E-state index in [4.69, 9.17) is 4.52 Å². The quantitative estimate of drug-likeness (QED) is 0.677. The van der Waals surface area contributed by atoms with E-state index in [0.717, 1.165) is 11.8 Å². The number of methoxy groups -OCH3 is 1. The molecule has 2 amide bonds. The number of nitrogens with zero attached hydrogens (tertiary/aromatic N) is 1. The van der Waals surface area contributed by atoms with Gasteiger partial charge in [0.15, 0.2) is 5.82 Å². The van der Waals surface area contributed by atoms with Gasteiger partial charge in [0, 0.05) is 6.07 Å². The summed E-state index contributed by atoms with van der Waals surface area (Å²) in [6.07, 6.45) is 0. The molecule has 0 aliphatic carbocycles. The number of ether oxygens (including phenoxy) is 1. The van der Waals surface area contributed by atoms with Gasteiger partial charge in [0.1, 0.15) is 11.8 Å². The number of rotatable bonds is 8. The van der Waals surface area contributed by atoms with E-state index < -0.39 is 12.0 Å². The molecule has 0 saturated heterocycles. The van der Waals surface area contributed by atoms with Crippen molar-refractivity contribution in [1.29, 1.82) is 0 Å². The highest BCUT2D eigenvalue weighted by atomic mass is 32.2. The van der Waals surface area contributed by atoms with Crippen molar-refractivity contribution in [2.45, 2.75) is 26.8 Å². The fraction of sp³-hybridized carbons (Fsp3) is 0.571. The average Bonchev–Trinajstić information content (AvgIpc) is 2.88. The zero-order valence-corrected chi connectivity index (χ0v) is 14.4. The van der Waals surface area contributed by atoms with Crippen LogP contribution in [0.3, 0.4) is 0 Å². The summed E-state index contributed by atoms with van der Waals surface area (Å²) in [6, 6.07) is 0.902. The maximum atomic E-state index is 11.8. The van der Waals surface area contributed by atoms with Crippen LogP contribution in [0, 0.1) is 12.8 Å². The second kappa shape index (κ2) is 9.19. The molecule has 0 fully saturated rings. The number of esters is 1. The van der Waals surface area contributed by atoms with Crippen molar-refractivity contribution < 1.29 is 23.6 Å². The van der Waals surface area contributed by atoms with Crippen molar-refractivity contribution in [1.82, 2.24) is 10.5 Å². The molecule has 1 aromatic heterocycles. The van der Waals surface area contributed by atoms with Gasteiger partial charge in [-0.25, -0.2) is 4.79 Å². The molecule has 1 aromatic rings. The summed E-state index contributed by atoms with van der Waals surface area (Å²) in [5.74, 6) is -0.116. The van der Waals surface area contributed by atoms with Crippen LogP contribution < -0.4 is 10.6 Å². The third-order valence-corrected chi connectivity index (χ3v) is 3.73. The predicted molar refractivity (Wildman–Crippen MR) is 86.0 cm³/mol. The van der Waals surface area contributed by atoms with E-state index in [-0.39, 0.29) is 29.2 Å². The SMILES string of the molecule is COC(=O)[C@H](NC(=O)CSCC(=O)Nc1cc(C)on1)C(C)C. The van der Waals surface area contributed by atoms with Crippen LogP contribution in [0.5, 0.6) is 0 Å². The van der Waals surface area contributed by atoms with Gasteiger partial charge in [0.05, 0.1) is 18.6 Å².